The average Bonchev–Trinajstić information content (AvgIpc) is 2.63. The molecule has 150 valence electrons. The predicted molar refractivity (Wildman–Crippen MR) is 108 cm³/mol. The highest BCUT2D eigenvalue weighted by atomic mass is 17.1. The maximum atomic E-state index is 10.4. The number of unbranched alkanes of at least 4 members (excludes halogenated alkanes) is 9. The van der Waals surface area contributed by atoms with Crippen LogP contribution in [0.5, 0.6) is 0 Å². The molecule has 0 atom stereocenters. The van der Waals surface area contributed by atoms with E-state index in [1.165, 1.54) is 25.7 Å². The number of hydrogen-bond acceptors (Lipinski definition) is 3. The van der Waals surface area contributed by atoms with Crippen molar-refractivity contribution in [3.8, 4) is 0 Å². The van der Waals surface area contributed by atoms with Gasteiger partial charge in [-0.3, -0.25) is 4.79 Å². The number of allylic oxidation sites excluding steroid dienone is 5. The number of carboxylic acid groups (broad SMARTS) is 1. The van der Waals surface area contributed by atoms with E-state index < -0.39 is 5.97 Å². The molecular formula is C22H38O4. The minimum atomic E-state index is -0.692. The van der Waals surface area contributed by atoms with Crippen LogP contribution in [0.4, 0.5) is 0 Å². The van der Waals surface area contributed by atoms with Gasteiger partial charge in [0.1, 0.15) is 5.76 Å². The van der Waals surface area contributed by atoms with E-state index in [1.54, 1.807) is 0 Å². The van der Waals surface area contributed by atoms with Gasteiger partial charge in [-0.25, -0.2) is 5.26 Å². The maximum Gasteiger partial charge on any atom is 0.303 e. The topological polar surface area (TPSA) is 66.8 Å². The second-order valence-electron chi connectivity index (χ2n) is 6.66. The molecule has 0 bridgehead atoms. The number of aliphatic carboxylic acids is 1. The zero-order valence-electron chi connectivity index (χ0n) is 16.5. The minimum Gasteiger partial charge on any atom is -0.481 e. The molecule has 2 N–H and O–H groups in total. The number of hydrogen-bond donors (Lipinski definition) is 2. The second-order valence-corrected chi connectivity index (χ2v) is 6.66. The first-order valence-electron chi connectivity index (χ1n) is 10.2. The van der Waals surface area contributed by atoms with Crippen molar-refractivity contribution in [2.45, 2.75) is 96.8 Å². The molecule has 0 rings (SSSR count). The normalized spacial score (nSPS) is 12.3. The van der Waals surface area contributed by atoms with Gasteiger partial charge in [0.05, 0.1) is 0 Å². The van der Waals surface area contributed by atoms with Crippen LogP contribution in [0.2, 0.25) is 0 Å². The molecule has 0 unspecified atom stereocenters. The van der Waals surface area contributed by atoms with Gasteiger partial charge in [0.25, 0.3) is 0 Å². The highest BCUT2D eigenvalue weighted by Gasteiger charge is 1.96. The molecule has 0 radical (unpaired) electrons. The first-order chi connectivity index (χ1) is 12.7. The van der Waals surface area contributed by atoms with Gasteiger partial charge in [-0.05, 0) is 57.4 Å². The Hall–Kier alpha value is -1.55. The van der Waals surface area contributed by atoms with Crippen LogP contribution in [-0.4, -0.2) is 16.3 Å². The highest BCUT2D eigenvalue weighted by molar-refractivity contribution is 5.66. The van der Waals surface area contributed by atoms with Gasteiger partial charge in [-0.2, -0.15) is 0 Å². The molecule has 0 saturated heterocycles. The molecule has 0 aromatic rings. The van der Waals surface area contributed by atoms with Gasteiger partial charge in [0.2, 0.25) is 0 Å². The fraction of sp³-hybridized carbons (Fsp3) is 0.682. The van der Waals surface area contributed by atoms with Gasteiger partial charge in [0, 0.05) is 12.8 Å². The first kappa shape index (κ1) is 24.5. The Morgan fingerprint density at radius 1 is 0.808 bits per heavy atom. The van der Waals surface area contributed by atoms with Crippen molar-refractivity contribution in [2.75, 3.05) is 0 Å². The standard InChI is InChI=1S/C22H38O4/c1-2-3-15-18-21(26-25)19-16-13-11-9-7-5-4-6-8-10-12-14-17-20-22(23)24/h3,6,8,15,19,25H,2,4-5,7,9-14,16-18,20H2,1H3,(H,23,24)/b8-6-,15-3-,21-19+. The average molecular weight is 367 g/mol. The van der Waals surface area contributed by atoms with E-state index in [4.69, 9.17) is 10.4 Å². The molecule has 4 nitrogen and oxygen atoms in total. The Kier molecular flexibility index (Phi) is 18.6. The molecule has 26 heavy (non-hydrogen) atoms. The van der Waals surface area contributed by atoms with Crippen LogP contribution >= 0.6 is 0 Å². The van der Waals surface area contributed by atoms with Crippen LogP contribution in [0.15, 0.2) is 36.1 Å². The zero-order chi connectivity index (χ0) is 19.3. The van der Waals surface area contributed by atoms with E-state index in [0.717, 1.165) is 51.4 Å². The zero-order valence-corrected chi connectivity index (χ0v) is 16.5. The molecule has 0 aromatic carbocycles. The van der Waals surface area contributed by atoms with E-state index in [2.05, 4.69) is 30.0 Å². The van der Waals surface area contributed by atoms with Crippen LogP contribution in [0, 0.1) is 0 Å². The van der Waals surface area contributed by atoms with Crippen molar-refractivity contribution in [1.29, 1.82) is 0 Å². The number of rotatable bonds is 18. The summed E-state index contributed by atoms with van der Waals surface area (Å²) in [6.45, 7) is 2.08. The Balaban J connectivity index is 3.41. The Morgan fingerprint density at radius 3 is 1.96 bits per heavy atom. The molecular weight excluding hydrogens is 328 g/mol. The summed E-state index contributed by atoms with van der Waals surface area (Å²) in [6.07, 6.45) is 24.7. The quantitative estimate of drug-likeness (QED) is 0.0897. The summed E-state index contributed by atoms with van der Waals surface area (Å²) >= 11 is 0. The second kappa shape index (κ2) is 19.8. The van der Waals surface area contributed by atoms with Crippen LogP contribution < -0.4 is 0 Å². The van der Waals surface area contributed by atoms with Crippen molar-refractivity contribution in [3.05, 3.63) is 36.1 Å². The van der Waals surface area contributed by atoms with E-state index in [9.17, 15) is 4.79 Å². The maximum absolute atomic E-state index is 10.4. The lowest BCUT2D eigenvalue weighted by Crippen LogP contribution is -1.93. The van der Waals surface area contributed by atoms with E-state index in [0.29, 0.717) is 18.6 Å². The lowest BCUT2D eigenvalue weighted by molar-refractivity contribution is -0.204. The Labute approximate surface area is 159 Å². The molecule has 0 aromatic heterocycles. The van der Waals surface area contributed by atoms with Gasteiger partial charge >= 0.3 is 5.97 Å². The van der Waals surface area contributed by atoms with Crippen LogP contribution in [0.1, 0.15) is 96.8 Å². The first-order valence-corrected chi connectivity index (χ1v) is 10.2. The number of carbonyl (C=O) groups is 1. The van der Waals surface area contributed by atoms with Crippen LogP contribution in [-0.2, 0) is 9.68 Å². The Bertz CT molecular complexity index is 410. The number of carboxylic acids is 1. The summed E-state index contributed by atoms with van der Waals surface area (Å²) in [5, 5.41) is 17.4. The lowest BCUT2D eigenvalue weighted by atomic mass is 10.1. The fourth-order valence-corrected chi connectivity index (χ4v) is 2.67. The van der Waals surface area contributed by atoms with Crippen molar-refractivity contribution in [3.63, 3.8) is 0 Å². The summed E-state index contributed by atoms with van der Waals surface area (Å²) < 4.78 is 0. The molecule has 0 amide bonds. The molecule has 0 aliphatic heterocycles. The smallest absolute Gasteiger partial charge is 0.303 e. The summed E-state index contributed by atoms with van der Waals surface area (Å²) in [6, 6.07) is 0. The molecule has 0 spiro atoms. The highest BCUT2D eigenvalue weighted by Crippen LogP contribution is 2.11. The van der Waals surface area contributed by atoms with Gasteiger partial charge < -0.3 is 9.99 Å². The largest absolute Gasteiger partial charge is 0.481 e. The summed E-state index contributed by atoms with van der Waals surface area (Å²) in [4.78, 5) is 14.8. The summed E-state index contributed by atoms with van der Waals surface area (Å²) in [7, 11) is 0. The molecule has 0 aliphatic carbocycles. The van der Waals surface area contributed by atoms with Crippen LogP contribution in [0.25, 0.3) is 0 Å². The molecule has 4 heteroatoms. The van der Waals surface area contributed by atoms with Crippen molar-refractivity contribution < 1.29 is 20.0 Å². The SMILES string of the molecule is CC/C=C\C/C(=C\CCCCCCC/C=C\CCCCCC(=O)O)OO. The molecule has 0 saturated carbocycles. The van der Waals surface area contributed by atoms with Crippen molar-refractivity contribution in [2.24, 2.45) is 0 Å². The third-order valence-corrected chi connectivity index (χ3v) is 4.21. The Morgan fingerprint density at radius 2 is 1.38 bits per heavy atom. The van der Waals surface area contributed by atoms with E-state index in [1.807, 2.05) is 12.2 Å². The molecule has 0 aliphatic rings. The van der Waals surface area contributed by atoms with Crippen LogP contribution in [0.3, 0.4) is 0 Å². The summed E-state index contributed by atoms with van der Waals surface area (Å²) in [5.41, 5.74) is 0. The van der Waals surface area contributed by atoms with E-state index in [-0.39, 0.29) is 0 Å². The summed E-state index contributed by atoms with van der Waals surface area (Å²) in [5.74, 6) is -0.0503. The van der Waals surface area contributed by atoms with E-state index >= 15 is 0 Å². The van der Waals surface area contributed by atoms with Crippen molar-refractivity contribution >= 4 is 5.97 Å². The molecule has 0 fully saturated rings. The third-order valence-electron chi connectivity index (χ3n) is 4.21. The third kappa shape index (κ3) is 18.8. The lowest BCUT2D eigenvalue weighted by Gasteiger charge is -2.01. The monoisotopic (exact) mass is 366 g/mol. The van der Waals surface area contributed by atoms with Gasteiger partial charge in [0.15, 0.2) is 0 Å². The van der Waals surface area contributed by atoms with Gasteiger partial charge in [-0.15, -0.1) is 0 Å². The predicted octanol–water partition coefficient (Wildman–Crippen LogP) is 7.04. The fourth-order valence-electron chi connectivity index (χ4n) is 2.67. The van der Waals surface area contributed by atoms with Crippen molar-refractivity contribution in [1.82, 2.24) is 0 Å². The molecule has 0 heterocycles. The minimum absolute atomic E-state index is 0.295. The van der Waals surface area contributed by atoms with Gasteiger partial charge in [-0.1, -0.05) is 56.9 Å².